The van der Waals surface area contributed by atoms with Gasteiger partial charge in [0.2, 0.25) is 0 Å². The Morgan fingerprint density at radius 2 is 1.44 bits per heavy atom. The number of fused-ring (bicyclic) bond motifs is 2. The fourth-order valence-electron chi connectivity index (χ4n) is 4.48. The molecule has 4 aromatic carbocycles. The van der Waals surface area contributed by atoms with Crippen LogP contribution in [-0.4, -0.2) is 9.97 Å². The first-order chi connectivity index (χ1) is 16.7. The van der Waals surface area contributed by atoms with E-state index in [9.17, 15) is 0 Å². The van der Waals surface area contributed by atoms with Crippen molar-refractivity contribution in [3.05, 3.63) is 109 Å². The Balaban J connectivity index is 1.63. The standard InChI is InChI=1S/C31H24N2S/c1-20(2)24-14-13-22-15-16-32-29(26(22)17-24)25-18-27(21-9-5-3-6-10-21)30-28(19-25)33-31(34-30)23-11-7-4-8-12-23/h3-20H,1-2H3. The number of benzene rings is 4. The molecule has 0 aliphatic carbocycles. The Bertz CT molecular complexity index is 1620. The Hall–Kier alpha value is -3.82. The van der Waals surface area contributed by atoms with Gasteiger partial charge in [-0.05, 0) is 46.7 Å². The van der Waals surface area contributed by atoms with Crippen LogP contribution in [0, 0.1) is 0 Å². The molecule has 164 valence electrons. The first-order valence-corrected chi connectivity index (χ1v) is 12.4. The molecule has 2 aromatic heterocycles. The maximum Gasteiger partial charge on any atom is 0.124 e. The van der Waals surface area contributed by atoms with Crippen molar-refractivity contribution in [2.24, 2.45) is 0 Å². The summed E-state index contributed by atoms with van der Waals surface area (Å²) < 4.78 is 1.21. The van der Waals surface area contributed by atoms with Gasteiger partial charge in [0, 0.05) is 28.3 Å². The largest absolute Gasteiger partial charge is 0.256 e. The Kier molecular flexibility index (Phi) is 5.20. The fraction of sp³-hybridized carbons (Fsp3) is 0.0968. The number of rotatable bonds is 4. The molecule has 2 nitrogen and oxygen atoms in total. The van der Waals surface area contributed by atoms with Crippen molar-refractivity contribution in [3.63, 3.8) is 0 Å². The van der Waals surface area contributed by atoms with E-state index in [1.165, 1.54) is 32.2 Å². The van der Waals surface area contributed by atoms with E-state index >= 15 is 0 Å². The van der Waals surface area contributed by atoms with Crippen molar-refractivity contribution in [1.29, 1.82) is 0 Å². The lowest BCUT2D eigenvalue weighted by molar-refractivity contribution is 0.869. The van der Waals surface area contributed by atoms with Crippen molar-refractivity contribution in [1.82, 2.24) is 9.97 Å². The van der Waals surface area contributed by atoms with E-state index in [2.05, 4.69) is 105 Å². The maximum atomic E-state index is 5.07. The second kappa shape index (κ2) is 8.51. The van der Waals surface area contributed by atoms with Gasteiger partial charge in [-0.15, -0.1) is 11.3 Å². The molecule has 34 heavy (non-hydrogen) atoms. The van der Waals surface area contributed by atoms with Crippen LogP contribution in [0.1, 0.15) is 25.3 Å². The highest BCUT2D eigenvalue weighted by atomic mass is 32.1. The highest BCUT2D eigenvalue weighted by molar-refractivity contribution is 7.22. The highest BCUT2D eigenvalue weighted by Crippen LogP contribution is 2.41. The molecule has 0 aliphatic heterocycles. The Labute approximate surface area is 203 Å². The van der Waals surface area contributed by atoms with Crippen molar-refractivity contribution in [3.8, 4) is 33.0 Å². The molecule has 0 unspecified atom stereocenters. The number of hydrogen-bond donors (Lipinski definition) is 0. The molecule has 0 amide bonds. The summed E-state index contributed by atoms with van der Waals surface area (Å²) in [5.41, 5.74) is 7.99. The normalized spacial score (nSPS) is 11.5. The van der Waals surface area contributed by atoms with Crippen molar-refractivity contribution < 1.29 is 0 Å². The third kappa shape index (κ3) is 3.68. The molecular weight excluding hydrogens is 432 g/mol. The zero-order valence-electron chi connectivity index (χ0n) is 19.2. The van der Waals surface area contributed by atoms with Crippen molar-refractivity contribution in [2.45, 2.75) is 19.8 Å². The number of thiazole rings is 1. The zero-order valence-corrected chi connectivity index (χ0v) is 20.0. The van der Waals surface area contributed by atoms with Crippen LogP contribution in [-0.2, 0) is 0 Å². The van der Waals surface area contributed by atoms with Gasteiger partial charge in [0.15, 0.2) is 0 Å². The van der Waals surface area contributed by atoms with E-state index in [1.54, 1.807) is 11.3 Å². The number of pyridine rings is 1. The number of hydrogen-bond acceptors (Lipinski definition) is 3. The molecule has 0 radical (unpaired) electrons. The highest BCUT2D eigenvalue weighted by Gasteiger charge is 2.16. The lowest BCUT2D eigenvalue weighted by Gasteiger charge is -2.12. The molecule has 6 rings (SSSR count). The summed E-state index contributed by atoms with van der Waals surface area (Å²) in [5.74, 6) is 0.465. The van der Waals surface area contributed by atoms with E-state index < -0.39 is 0 Å². The van der Waals surface area contributed by atoms with E-state index in [-0.39, 0.29) is 0 Å². The quantitative estimate of drug-likeness (QED) is 0.264. The first kappa shape index (κ1) is 20.8. The van der Waals surface area contributed by atoms with Crippen LogP contribution in [0.4, 0.5) is 0 Å². The molecule has 2 heterocycles. The second-order valence-corrected chi connectivity index (χ2v) is 9.92. The van der Waals surface area contributed by atoms with Crippen LogP contribution in [0.3, 0.4) is 0 Å². The summed E-state index contributed by atoms with van der Waals surface area (Å²) in [6, 6.07) is 34.3. The van der Waals surface area contributed by atoms with Crippen LogP contribution >= 0.6 is 11.3 Å². The number of aromatic nitrogens is 2. The summed E-state index contributed by atoms with van der Waals surface area (Å²) >= 11 is 1.75. The monoisotopic (exact) mass is 456 g/mol. The van der Waals surface area contributed by atoms with E-state index in [0.717, 1.165) is 27.3 Å². The van der Waals surface area contributed by atoms with Gasteiger partial charge in [0.25, 0.3) is 0 Å². The average Bonchev–Trinajstić information content (AvgIpc) is 3.33. The van der Waals surface area contributed by atoms with E-state index in [0.29, 0.717) is 5.92 Å². The van der Waals surface area contributed by atoms with Crippen LogP contribution in [0.2, 0.25) is 0 Å². The molecule has 6 aromatic rings. The molecule has 3 heteroatoms. The molecule has 0 saturated carbocycles. The molecular formula is C31H24N2S. The van der Waals surface area contributed by atoms with Gasteiger partial charge >= 0.3 is 0 Å². The Morgan fingerprint density at radius 3 is 2.18 bits per heavy atom. The molecule has 0 fully saturated rings. The van der Waals surface area contributed by atoms with Crippen molar-refractivity contribution >= 4 is 32.3 Å². The maximum absolute atomic E-state index is 5.07. The lowest BCUT2D eigenvalue weighted by Crippen LogP contribution is -1.91. The zero-order chi connectivity index (χ0) is 23.1. The van der Waals surface area contributed by atoms with E-state index in [4.69, 9.17) is 9.97 Å². The molecule has 0 N–H and O–H groups in total. The molecule has 0 spiro atoms. The van der Waals surface area contributed by atoms with Crippen LogP contribution in [0.25, 0.3) is 53.9 Å². The summed E-state index contributed by atoms with van der Waals surface area (Å²) in [4.78, 5) is 9.93. The van der Waals surface area contributed by atoms with Gasteiger partial charge in [-0.1, -0.05) is 86.6 Å². The fourth-order valence-corrected chi connectivity index (χ4v) is 5.57. The summed E-state index contributed by atoms with van der Waals surface area (Å²) in [5, 5.41) is 3.43. The van der Waals surface area contributed by atoms with Crippen LogP contribution in [0.15, 0.2) is 103 Å². The molecule has 0 bridgehead atoms. The van der Waals surface area contributed by atoms with Gasteiger partial charge < -0.3 is 0 Å². The molecule has 0 saturated heterocycles. The minimum atomic E-state index is 0.465. The summed E-state index contributed by atoms with van der Waals surface area (Å²) in [7, 11) is 0. The summed E-state index contributed by atoms with van der Waals surface area (Å²) in [6.07, 6.45) is 1.91. The molecule has 0 aliphatic rings. The Morgan fingerprint density at radius 1 is 0.706 bits per heavy atom. The SMILES string of the molecule is CC(C)c1ccc2ccnc(-c3cc(-c4ccccc4)c4sc(-c5ccccc5)nc4c3)c2c1. The predicted octanol–water partition coefficient (Wildman–Crippen LogP) is 8.97. The van der Waals surface area contributed by atoms with Gasteiger partial charge in [0.05, 0.1) is 15.9 Å². The lowest BCUT2D eigenvalue weighted by atomic mass is 9.95. The average molecular weight is 457 g/mol. The third-order valence-electron chi connectivity index (χ3n) is 6.33. The summed E-state index contributed by atoms with van der Waals surface area (Å²) in [6.45, 7) is 4.47. The number of nitrogens with zero attached hydrogens (tertiary/aromatic N) is 2. The van der Waals surface area contributed by atoms with Crippen molar-refractivity contribution in [2.75, 3.05) is 0 Å². The minimum absolute atomic E-state index is 0.465. The van der Waals surface area contributed by atoms with Crippen LogP contribution in [0.5, 0.6) is 0 Å². The molecule has 0 atom stereocenters. The van der Waals surface area contributed by atoms with Crippen LogP contribution < -0.4 is 0 Å². The second-order valence-electron chi connectivity index (χ2n) is 8.92. The minimum Gasteiger partial charge on any atom is -0.256 e. The van der Waals surface area contributed by atoms with E-state index in [1.807, 2.05) is 12.3 Å². The van der Waals surface area contributed by atoms with Gasteiger partial charge in [-0.3, -0.25) is 4.98 Å². The third-order valence-corrected chi connectivity index (χ3v) is 7.48. The predicted molar refractivity (Wildman–Crippen MR) is 145 cm³/mol. The topological polar surface area (TPSA) is 25.8 Å². The van der Waals surface area contributed by atoms with Gasteiger partial charge in [0.1, 0.15) is 5.01 Å². The van der Waals surface area contributed by atoms with Gasteiger partial charge in [-0.2, -0.15) is 0 Å². The smallest absolute Gasteiger partial charge is 0.124 e. The van der Waals surface area contributed by atoms with Gasteiger partial charge in [-0.25, -0.2) is 4.98 Å². The first-order valence-electron chi connectivity index (χ1n) is 11.6.